The minimum absolute atomic E-state index is 0.201. The maximum atomic E-state index is 12.6. The molecule has 1 aliphatic heterocycles. The molecule has 0 aromatic rings. The fourth-order valence-corrected chi connectivity index (χ4v) is 4.01. The lowest BCUT2D eigenvalue weighted by molar-refractivity contribution is -0.153. The Balaban J connectivity index is 3.11. The lowest BCUT2D eigenvalue weighted by atomic mass is 10.0. The second kappa shape index (κ2) is 7.57. The van der Waals surface area contributed by atoms with Crippen molar-refractivity contribution in [3.63, 3.8) is 0 Å². The van der Waals surface area contributed by atoms with Crippen molar-refractivity contribution in [2.24, 2.45) is 0 Å². The number of carbonyl (C=O) groups is 2. The highest BCUT2D eigenvalue weighted by Gasteiger charge is 2.51. The van der Waals surface area contributed by atoms with Crippen LogP contribution in [0.15, 0.2) is 0 Å². The lowest BCUT2D eigenvalue weighted by Crippen LogP contribution is -2.59. The Kier molecular flexibility index (Phi) is 6.59. The van der Waals surface area contributed by atoms with Crippen LogP contribution in [-0.4, -0.2) is 45.8 Å². The SMILES string of the molecule is CCOC(=O)C1(SC(C)C)CCCCN1C(=O)OC(C)(C)C. The van der Waals surface area contributed by atoms with Crippen LogP contribution in [0.1, 0.15) is 60.8 Å². The number of nitrogens with zero attached hydrogens (tertiary/aromatic N) is 1. The van der Waals surface area contributed by atoms with Crippen LogP contribution < -0.4 is 0 Å². The number of ether oxygens (including phenoxy) is 2. The van der Waals surface area contributed by atoms with Crippen LogP contribution in [0.5, 0.6) is 0 Å². The Labute approximate surface area is 138 Å². The first-order valence-corrected chi connectivity index (χ1v) is 8.86. The molecule has 1 fully saturated rings. The van der Waals surface area contributed by atoms with Gasteiger partial charge in [0.25, 0.3) is 0 Å². The number of carbonyl (C=O) groups excluding carboxylic acids is 2. The molecule has 0 N–H and O–H groups in total. The Bertz CT molecular complexity index is 405. The molecular weight excluding hydrogens is 302 g/mol. The molecule has 6 heteroatoms. The van der Waals surface area contributed by atoms with Crippen molar-refractivity contribution >= 4 is 23.8 Å². The Morgan fingerprint density at radius 3 is 2.41 bits per heavy atom. The molecule has 0 saturated carbocycles. The lowest BCUT2D eigenvalue weighted by Gasteiger charge is -2.45. The van der Waals surface area contributed by atoms with Crippen molar-refractivity contribution in [2.75, 3.05) is 13.2 Å². The molecule has 1 amide bonds. The Morgan fingerprint density at radius 1 is 1.27 bits per heavy atom. The maximum absolute atomic E-state index is 12.6. The van der Waals surface area contributed by atoms with Gasteiger partial charge in [-0.15, -0.1) is 11.8 Å². The minimum Gasteiger partial charge on any atom is -0.464 e. The molecule has 1 heterocycles. The van der Waals surface area contributed by atoms with E-state index in [9.17, 15) is 9.59 Å². The van der Waals surface area contributed by atoms with Gasteiger partial charge >= 0.3 is 12.1 Å². The van der Waals surface area contributed by atoms with Gasteiger partial charge in [0.2, 0.25) is 0 Å². The maximum Gasteiger partial charge on any atom is 0.411 e. The zero-order valence-corrected chi connectivity index (χ0v) is 15.4. The summed E-state index contributed by atoms with van der Waals surface area (Å²) in [6.07, 6.45) is 1.94. The van der Waals surface area contributed by atoms with Gasteiger partial charge in [-0.1, -0.05) is 13.8 Å². The predicted octanol–water partition coefficient (Wildman–Crippen LogP) is 3.81. The summed E-state index contributed by atoms with van der Waals surface area (Å²) < 4.78 is 10.8. The highest BCUT2D eigenvalue weighted by atomic mass is 32.2. The van der Waals surface area contributed by atoms with Gasteiger partial charge in [0, 0.05) is 11.8 Å². The van der Waals surface area contributed by atoms with E-state index in [1.54, 1.807) is 11.8 Å². The van der Waals surface area contributed by atoms with E-state index in [0.717, 1.165) is 12.8 Å². The van der Waals surface area contributed by atoms with Crippen LogP contribution >= 0.6 is 11.8 Å². The van der Waals surface area contributed by atoms with Gasteiger partial charge in [0.1, 0.15) is 5.60 Å². The molecule has 22 heavy (non-hydrogen) atoms. The van der Waals surface area contributed by atoms with Crippen LogP contribution in [0.4, 0.5) is 4.79 Å². The van der Waals surface area contributed by atoms with E-state index >= 15 is 0 Å². The van der Waals surface area contributed by atoms with E-state index < -0.39 is 16.6 Å². The average Bonchev–Trinajstić information content (AvgIpc) is 2.36. The third-order valence-corrected chi connectivity index (χ3v) is 4.67. The summed E-state index contributed by atoms with van der Waals surface area (Å²) >= 11 is 1.48. The molecule has 0 radical (unpaired) electrons. The number of thioether (sulfide) groups is 1. The van der Waals surface area contributed by atoms with Crippen molar-refractivity contribution in [1.29, 1.82) is 0 Å². The van der Waals surface area contributed by atoms with Crippen LogP contribution in [-0.2, 0) is 14.3 Å². The van der Waals surface area contributed by atoms with E-state index in [2.05, 4.69) is 0 Å². The first-order valence-electron chi connectivity index (χ1n) is 7.98. The molecule has 1 aliphatic rings. The molecular formula is C16H29NO4S. The third kappa shape index (κ3) is 4.80. The molecule has 0 aromatic heterocycles. The summed E-state index contributed by atoms with van der Waals surface area (Å²) in [7, 11) is 0. The predicted molar refractivity (Wildman–Crippen MR) is 88.9 cm³/mol. The van der Waals surface area contributed by atoms with Gasteiger partial charge in [0.05, 0.1) is 6.61 Å². The van der Waals surface area contributed by atoms with E-state index in [0.29, 0.717) is 19.6 Å². The van der Waals surface area contributed by atoms with E-state index in [1.165, 1.54) is 11.8 Å². The fourth-order valence-electron chi connectivity index (χ4n) is 2.52. The minimum atomic E-state index is -0.968. The molecule has 1 saturated heterocycles. The van der Waals surface area contributed by atoms with Crippen LogP contribution in [0, 0.1) is 0 Å². The summed E-state index contributed by atoms with van der Waals surface area (Å²) in [5, 5.41) is 0.201. The second-order valence-electron chi connectivity index (χ2n) is 6.76. The number of esters is 1. The number of hydrogen-bond donors (Lipinski definition) is 0. The smallest absolute Gasteiger partial charge is 0.411 e. The van der Waals surface area contributed by atoms with Gasteiger partial charge in [0.15, 0.2) is 4.87 Å². The molecule has 1 rings (SSSR count). The molecule has 0 aliphatic carbocycles. The molecule has 0 spiro atoms. The van der Waals surface area contributed by atoms with Gasteiger partial charge in [-0.05, 0) is 47.0 Å². The Hall–Kier alpha value is -0.910. The fraction of sp³-hybridized carbons (Fsp3) is 0.875. The highest BCUT2D eigenvalue weighted by Crippen LogP contribution is 2.42. The third-order valence-electron chi connectivity index (χ3n) is 3.22. The van der Waals surface area contributed by atoms with Crippen molar-refractivity contribution in [2.45, 2.75) is 76.5 Å². The van der Waals surface area contributed by atoms with Gasteiger partial charge < -0.3 is 9.47 Å². The molecule has 0 bridgehead atoms. The van der Waals surface area contributed by atoms with Crippen molar-refractivity contribution in [3.8, 4) is 0 Å². The summed E-state index contributed by atoms with van der Waals surface area (Å²) in [5.74, 6) is -0.334. The Morgan fingerprint density at radius 2 is 1.91 bits per heavy atom. The summed E-state index contributed by atoms with van der Waals surface area (Å²) in [4.78, 5) is 25.9. The number of hydrogen-bond acceptors (Lipinski definition) is 5. The van der Waals surface area contributed by atoms with Crippen LogP contribution in [0.25, 0.3) is 0 Å². The second-order valence-corrected chi connectivity index (χ2v) is 8.61. The van der Waals surface area contributed by atoms with Gasteiger partial charge in [-0.3, -0.25) is 4.90 Å². The largest absolute Gasteiger partial charge is 0.464 e. The normalized spacial score (nSPS) is 22.6. The average molecular weight is 331 g/mol. The summed E-state index contributed by atoms with van der Waals surface area (Å²) in [6.45, 7) is 12.1. The molecule has 1 unspecified atom stereocenters. The zero-order valence-electron chi connectivity index (χ0n) is 14.6. The van der Waals surface area contributed by atoms with E-state index in [-0.39, 0.29) is 11.2 Å². The van der Waals surface area contributed by atoms with Crippen molar-refractivity contribution < 1.29 is 19.1 Å². The number of amides is 1. The summed E-state index contributed by atoms with van der Waals surface area (Å²) in [6, 6.07) is 0. The van der Waals surface area contributed by atoms with Crippen molar-refractivity contribution in [1.82, 2.24) is 4.90 Å². The number of rotatable bonds is 4. The summed E-state index contributed by atoms with van der Waals surface area (Å²) in [5.41, 5.74) is -0.586. The molecule has 5 nitrogen and oxygen atoms in total. The monoisotopic (exact) mass is 331 g/mol. The van der Waals surface area contributed by atoms with E-state index in [1.807, 2.05) is 34.6 Å². The van der Waals surface area contributed by atoms with Crippen LogP contribution in [0.2, 0.25) is 0 Å². The quantitative estimate of drug-likeness (QED) is 0.733. The topological polar surface area (TPSA) is 55.8 Å². The van der Waals surface area contributed by atoms with Gasteiger partial charge in [-0.25, -0.2) is 9.59 Å². The highest BCUT2D eigenvalue weighted by molar-refractivity contribution is 8.01. The van der Waals surface area contributed by atoms with Crippen LogP contribution in [0.3, 0.4) is 0 Å². The van der Waals surface area contributed by atoms with E-state index in [4.69, 9.17) is 9.47 Å². The standard InChI is InChI=1S/C16H29NO4S/c1-7-20-13(18)16(22-12(2)3)10-8-9-11-17(16)14(19)21-15(4,5)6/h12H,7-11H2,1-6H3. The van der Waals surface area contributed by atoms with Gasteiger partial charge in [-0.2, -0.15) is 0 Å². The number of likely N-dealkylation sites (tertiary alicyclic amines) is 1. The first kappa shape index (κ1) is 19.1. The van der Waals surface area contributed by atoms with Crippen molar-refractivity contribution in [3.05, 3.63) is 0 Å². The number of piperidine rings is 1. The first-order chi connectivity index (χ1) is 10.1. The zero-order chi connectivity index (χ0) is 17.0. The molecule has 0 aromatic carbocycles. The molecule has 128 valence electrons. The molecule has 1 atom stereocenters.